The molecule has 1 atom stereocenters. The molecule has 1 fully saturated rings. The highest BCUT2D eigenvalue weighted by Gasteiger charge is 2.29. The number of likely N-dealkylation sites (tertiary alicyclic amines) is 1. The molecule has 1 aliphatic rings. The van der Waals surface area contributed by atoms with Crippen LogP contribution in [0.2, 0.25) is 0 Å². The van der Waals surface area contributed by atoms with Crippen LogP contribution in [-0.4, -0.2) is 48.0 Å². The number of aliphatic hydroxyl groups excluding tert-OH is 1. The van der Waals surface area contributed by atoms with Crippen LogP contribution in [0.25, 0.3) is 0 Å². The summed E-state index contributed by atoms with van der Waals surface area (Å²) in [5.74, 6) is -0.518. The highest BCUT2D eigenvalue weighted by Crippen LogP contribution is 2.35. The fraction of sp³-hybridized carbons (Fsp3) is 0.348. The molecule has 8 heteroatoms. The molecule has 2 amide bonds. The molecule has 1 heterocycles. The Kier molecular flexibility index (Phi) is 6.91. The number of hydrogen-bond acceptors (Lipinski definition) is 4. The van der Waals surface area contributed by atoms with Crippen LogP contribution < -0.4 is 16.2 Å². The normalized spacial score (nSPS) is 15.3. The van der Waals surface area contributed by atoms with Gasteiger partial charge in [0, 0.05) is 13.1 Å². The quantitative estimate of drug-likeness (QED) is 0.496. The molecular formula is C23H28N4O4. The maximum absolute atomic E-state index is 12.7. The molecule has 0 radical (unpaired) electrons. The molecule has 0 aliphatic carbocycles. The number of hydrogen-bond donors (Lipinski definition) is 3. The number of amides is 2. The number of carbonyl (C=O) groups is 2. The van der Waals surface area contributed by atoms with E-state index >= 15 is 0 Å². The van der Waals surface area contributed by atoms with Gasteiger partial charge >= 0.3 is 0 Å². The lowest BCUT2D eigenvalue weighted by Crippen LogP contribution is -2.40. The third kappa shape index (κ3) is 5.03. The zero-order chi connectivity index (χ0) is 22.5. The molecule has 2 aromatic carbocycles. The molecule has 0 unspecified atom stereocenters. The average Bonchev–Trinajstić information content (AvgIpc) is 2.78. The van der Waals surface area contributed by atoms with Gasteiger partial charge in [0.25, 0.3) is 11.8 Å². The van der Waals surface area contributed by atoms with Gasteiger partial charge in [0.05, 0.1) is 12.7 Å². The van der Waals surface area contributed by atoms with Crippen molar-refractivity contribution in [3.05, 3.63) is 64.7 Å². The Morgan fingerprint density at radius 1 is 1.16 bits per heavy atom. The smallest absolute Gasteiger partial charge is 0.283 e. The number of aliphatic imine (C=N–C) groups is 1. The van der Waals surface area contributed by atoms with Crippen LogP contribution in [0.4, 0.5) is 0 Å². The molecule has 5 N–H and O–H groups in total. The van der Waals surface area contributed by atoms with E-state index in [2.05, 4.69) is 4.99 Å². The summed E-state index contributed by atoms with van der Waals surface area (Å²) in [4.78, 5) is 30.3. The van der Waals surface area contributed by atoms with E-state index in [0.29, 0.717) is 30.0 Å². The van der Waals surface area contributed by atoms with Crippen LogP contribution in [0.15, 0.2) is 47.5 Å². The van der Waals surface area contributed by atoms with Gasteiger partial charge in [-0.25, -0.2) is 0 Å². The summed E-state index contributed by atoms with van der Waals surface area (Å²) < 4.78 is 5.41. The Hall–Kier alpha value is -3.39. The molecule has 1 saturated heterocycles. The molecule has 2 aromatic rings. The maximum Gasteiger partial charge on any atom is 0.283 e. The number of rotatable bonds is 5. The van der Waals surface area contributed by atoms with Crippen LogP contribution in [0.3, 0.4) is 0 Å². The maximum atomic E-state index is 12.7. The average molecular weight is 425 g/mol. The molecule has 0 aromatic heterocycles. The zero-order valence-corrected chi connectivity index (χ0v) is 17.7. The number of ether oxygens (including phenoxy) is 1. The van der Waals surface area contributed by atoms with E-state index in [1.165, 1.54) is 7.11 Å². The summed E-state index contributed by atoms with van der Waals surface area (Å²) in [6, 6.07) is 12.5. The predicted octanol–water partition coefficient (Wildman–Crippen LogP) is 1.86. The second-order valence-electron chi connectivity index (χ2n) is 7.66. The highest BCUT2D eigenvalue weighted by molar-refractivity contribution is 6.03. The number of carbonyl (C=O) groups excluding carboxylic acids is 2. The van der Waals surface area contributed by atoms with Crippen molar-refractivity contribution in [1.29, 1.82) is 0 Å². The number of aryl methyl sites for hydroxylation is 1. The van der Waals surface area contributed by atoms with Crippen molar-refractivity contribution in [2.75, 3.05) is 20.2 Å². The Morgan fingerprint density at radius 3 is 2.39 bits per heavy atom. The minimum atomic E-state index is -1.15. The number of nitrogens with two attached hydrogens (primary N) is 2. The number of methoxy groups -OCH3 is 1. The van der Waals surface area contributed by atoms with Gasteiger partial charge in [0.1, 0.15) is 5.75 Å². The van der Waals surface area contributed by atoms with E-state index in [-0.39, 0.29) is 17.8 Å². The third-order valence-corrected chi connectivity index (χ3v) is 5.64. The van der Waals surface area contributed by atoms with E-state index in [1.54, 1.807) is 35.2 Å². The summed E-state index contributed by atoms with van der Waals surface area (Å²) in [7, 11) is 1.49. The van der Waals surface area contributed by atoms with Gasteiger partial charge in [-0.05, 0) is 54.5 Å². The lowest BCUT2D eigenvalue weighted by molar-refractivity contribution is -0.141. The lowest BCUT2D eigenvalue weighted by Gasteiger charge is -2.34. The first-order valence-electron chi connectivity index (χ1n) is 10.2. The summed E-state index contributed by atoms with van der Waals surface area (Å²) in [6.45, 7) is 3.02. The predicted molar refractivity (Wildman–Crippen MR) is 118 cm³/mol. The van der Waals surface area contributed by atoms with Crippen molar-refractivity contribution < 1.29 is 19.4 Å². The summed E-state index contributed by atoms with van der Waals surface area (Å²) in [5, 5.41) is 10.4. The minimum absolute atomic E-state index is 0.207. The summed E-state index contributed by atoms with van der Waals surface area (Å²) >= 11 is 0. The van der Waals surface area contributed by atoms with Crippen molar-refractivity contribution >= 4 is 17.8 Å². The highest BCUT2D eigenvalue weighted by atomic mass is 16.5. The number of aliphatic hydroxyl groups is 1. The summed E-state index contributed by atoms with van der Waals surface area (Å²) in [6.07, 6.45) is 0.345. The van der Waals surface area contributed by atoms with Gasteiger partial charge < -0.3 is 26.2 Å². The van der Waals surface area contributed by atoms with Crippen LogP contribution in [-0.2, 0) is 4.79 Å². The molecular weight excluding hydrogens is 396 g/mol. The fourth-order valence-electron chi connectivity index (χ4n) is 4.02. The molecule has 0 bridgehead atoms. The van der Waals surface area contributed by atoms with Gasteiger partial charge in [0.2, 0.25) is 0 Å². The van der Waals surface area contributed by atoms with Crippen molar-refractivity contribution in [3.8, 4) is 5.75 Å². The minimum Gasteiger partial charge on any atom is -0.496 e. The van der Waals surface area contributed by atoms with E-state index in [0.717, 1.165) is 24.0 Å². The third-order valence-electron chi connectivity index (χ3n) is 5.64. The standard InChI is InChI=1S/C23H28N4O4/c1-14-12-18(21(29)26-23(24)25)19(31-2)13-17(14)15-8-10-27(11-9-15)22(30)20(28)16-6-4-3-5-7-16/h3-7,12-13,15,20,28H,8-11H2,1-2H3,(H4,24,25,26,29)/t20-/m0/s1. The van der Waals surface area contributed by atoms with Crippen molar-refractivity contribution in [2.45, 2.75) is 31.8 Å². The first-order chi connectivity index (χ1) is 14.8. The van der Waals surface area contributed by atoms with Crippen molar-refractivity contribution in [1.82, 2.24) is 4.90 Å². The van der Waals surface area contributed by atoms with Gasteiger partial charge in [-0.15, -0.1) is 0 Å². The SMILES string of the molecule is COc1cc(C2CCN(C(=O)[C@@H](O)c3ccccc3)CC2)c(C)cc1C(=O)N=C(N)N. The Labute approximate surface area is 181 Å². The molecule has 0 saturated carbocycles. The first-order valence-corrected chi connectivity index (χ1v) is 10.2. The van der Waals surface area contributed by atoms with E-state index in [9.17, 15) is 14.7 Å². The molecule has 3 rings (SSSR count). The Bertz CT molecular complexity index is 979. The largest absolute Gasteiger partial charge is 0.496 e. The molecule has 31 heavy (non-hydrogen) atoms. The topological polar surface area (TPSA) is 131 Å². The number of guanidine groups is 1. The van der Waals surface area contributed by atoms with Crippen LogP contribution in [0.5, 0.6) is 5.75 Å². The summed E-state index contributed by atoms with van der Waals surface area (Å²) in [5.41, 5.74) is 13.5. The molecule has 1 aliphatic heterocycles. The second kappa shape index (κ2) is 9.61. The van der Waals surface area contributed by atoms with Gasteiger partial charge in [-0.3, -0.25) is 9.59 Å². The van der Waals surface area contributed by atoms with Gasteiger partial charge in [0.15, 0.2) is 12.1 Å². The molecule has 0 spiro atoms. The van der Waals surface area contributed by atoms with Gasteiger partial charge in [-0.2, -0.15) is 4.99 Å². The monoisotopic (exact) mass is 424 g/mol. The van der Waals surface area contributed by atoms with Crippen molar-refractivity contribution in [3.63, 3.8) is 0 Å². The van der Waals surface area contributed by atoms with Crippen LogP contribution in [0.1, 0.15) is 51.9 Å². The van der Waals surface area contributed by atoms with Crippen LogP contribution >= 0.6 is 0 Å². The Morgan fingerprint density at radius 2 is 1.81 bits per heavy atom. The lowest BCUT2D eigenvalue weighted by atomic mass is 9.85. The number of piperidine rings is 1. The molecule has 8 nitrogen and oxygen atoms in total. The number of benzene rings is 2. The van der Waals surface area contributed by atoms with Gasteiger partial charge in [-0.1, -0.05) is 30.3 Å². The fourth-order valence-corrected chi connectivity index (χ4v) is 4.02. The zero-order valence-electron chi connectivity index (χ0n) is 17.7. The van der Waals surface area contributed by atoms with E-state index in [1.807, 2.05) is 19.1 Å². The molecule has 164 valence electrons. The Balaban J connectivity index is 1.72. The van der Waals surface area contributed by atoms with E-state index in [4.69, 9.17) is 16.2 Å². The van der Waals surface area contributed by atoms with E-state index < -0.39 is 12.0 Å². The van der Waals surface area contributed by atoms with Crippen molar-refractivity contribution in [2.24, 2.45) is 16.5 Å². The second-order valence-corrected chi connectivity index (χ2v) is 7.66. The number of nitrogens with zero attached hydrogens (tertiary/aromatic N) is 2. The first kappa shape index (κ1) is 22.3. The van der Waals surface area contributed by atoms with Crippen LogP contribution in [0, 0.1) is 6.92 Å².